The molecule has 1 N–H and O–H groups in total. The fourth-order valence-corrected chi connectivity index (χ4v) is 3.54. The highest BCUT2D eigenvalue weighted by molar-refractivity contribution is 6.30. The fraction of sp³-hybridized carbons (Fsp3) is 0.0909. The van der Waals surface area contributed by atoms with Crippen LogP contribution in [0.5, 0.6) is 5.75 Å². The summed E-state index contributed by atoms with van der Waals surface area (Å²) in [5.41, 5.74) is 2.13. The maximum atomic E-state index is 11.7. The third-order valence-electron chi connectivity index (χ3n) is 4.57. The summed E-state index contributed by atoms with van der Waals surface area (Å²) in [6.45, 7) is 1.39. The lowest BCUT2D eigenvalue weighted by Crippen LogP contribution is -2.29. The molecule has 0 unspecified atom stereocenters. The molecule has 1 amide bonds. The maximum absolute atomic E-state index is 11.7. The predicted octanol–water partition coefficient (Wildman–Crippen LogP) is 4.89. The van der Waals surface area contributed by atoms with Crippen molar-refractivity contribution in [3.63, 3.8) is 0 Å². The first-order valence-electron chi connectivity index (χ1n) is 8.45. The van der Waals surface area contributed by atoms with Crippen molar-refractivity contribution in [2.45, 2.75) is 12.8 Å². The van der Waals surface area contributed by atoms with Gasteiger partial charge in [-0.1, -0.05) is 60.1 Å². The molecule has 132 valence electrons. The number of fused-ring (bicyclic) bond motifs is 3. The van der Waals surface area contributed by atoms with Crippen molar-refractivity contribution in [3.05, 3.63) is 88.3 Å². The summed E-state index contributed by atoms with van der Waals surface area (Å²) in [6.07, 6.45) is 0. The molecular weight excluding hydrogens is 360 g/mol. The van der Waals surface area contributed by atoms with Gasteiger partial charge >= 0.3 is 0 Å². The minimum atomic E-state index is -0.359. The Morgan fingerprint density at radius 3 is 2.56 bits per heavy atom. The van der Waals surface area contributed by atoms with Crippen molar-refractivity contribution < 1.29 is 9.53 Å². The highest BCUT2D eigenvalue weighted by Gasteiger charge is 2.33. The van der Waals surface area contributed by atoms with Gasteiger partial charge in [0.15, 0.2) is 0 Å². The van der Waals surface area contributed by atoms with Crippen molar-refractivity contribution in [2.24, 2.45) is 0 Å². The third-order valence-corrected chi connectivity index (χ3v) is 4.82. The first-order valence-corrected chi connectivity index (χ1v) is 8.83. The first-order chi connectivity index (χ1) is 13.1. The Labute approximate surface area is 161 Å². The zero-order valence-electron chi connectivity index (χ0n) is 14.5. The van der Waals surface area contributed by atoms with Crippen LogP contribution < -0.4 is 10.1 Å². The molecule has 1 aliphatic heterocycles. The topological polar surface area (TPSA) is 62.1 Å². The Kier molecular flexibility index (Phi) is 4.31. The largest absolute Gasteiger partial charge is 0.439 e. The quantitative estimate of drug-likeness (QED) is 0.694. The summed E-state index contributed by atoms with van der Waals surface area (Å²) in [4.78, 5) is 11.7. The minimum Gasteiger partial charge on any atom is -0.439 e. The van der Waals surface area contributed by atoms with E-state index in [1.165, 1.54) is 6.92 Å². The number of rotatable bonds is 2. The molecule has 0 radical (unpaired) electrons. The van der Waals surface area contributed by atoms with E-state index < -0.39 is 0 Å². The number of nitrogens with zero attached hydrogens (tertiary/aromatic N) is 1. The van der Waals surface area contributed by atoms with Crippen LogP contribution in [-0.2, 0) is 4.79 Å². The summed E-state index contributed by atoms with van der Waals surface area (Å²) < 4.78 is 6.03. The van der Waals surface area contributed by atoms with Crippen molar-refractivity contribution in [2.75, 3.05) is 0 Å². The average molecular weight is 375 g/mol. The monoisotopic (exact) mass is 374 g/mol. The van der Waals surface area contributed by atoms with Crippen molar-refractivity contribution in [1.29, 1.82) is 5.26 Å². The van der Waals surface area contributed by atoms with Crippen molar-refractivity contribution in [3.8, 4) is 11.8 Å². The van der Waals surface area contributed by atoms with Crippen LogP contribution in [0, 0.1) is 11.3 Å². The third kappa shape index (κ3) is 3.03. The lowest BCUT2D eigenvalue weighted by atomic mass is 9.82. The van der Waals surface area contributed by atoms with Crippen molar-refractivity contribution >= 4 is 28.3 Å². The Morgan fingerprint density at radius 2 is 1.85 bits per heavy atom. The predicted molar refractivity (Wildman–Crippen MR) is 104 cm³/mol. The second-order valence-corrected chi connectivity index (χ2v) is 6.76. The number of hydrogen-bond donors (Lipinski definition) is 1. The number of benzene rings is 3. The number of nitrogens with one attached hydrogen (secondary N) is 1. The standard InChI is InChI=1S/C22H15ClN2O2/c1-13(26)25-22-19(12-24)20(15-6-9-16(23)10-7-15)18-11-8-14-4-2-3-5-17(14)21(18)27-22/h2-11,20H,1H3,(H,25,26)/t20-/m1/s1. The highest BCUT2D eigenvalue weighted by atomic mass is 35.5. The summed E-state index contributed by atoms with van der Waals surface area (Å²) in [5, 5.41) is 15.1. The molecule has 27 heavy (non-hydrogen) atoms. The van der Waals surface area contributed by atoms with Crippen LogP contribution in [0.2, 0.25) is 5.02 Å². The Balaban J connectivity index is 2.00. The smallest absolute Gasteiger partial charge is 0.223 e. The number of nitriles is 1. The van der Waals surface area contributed by atoms with Gasteiger partial charge in [-0.05, 0) is 23.1 Å². The van der Waals surface area contributed by atoms with E-state index in [0.717, 1.165) is 21.9 Å². The van der Waals surface area contributed by atoms with Gasteiger partial charge in [-0.15, -0.1) is 0 Å². The summed E-state index contributed by atoms with van der Waals surface area (Å²) in [6, 6.07) is 21.4. The Morgan fingerprint density at radius 1 is 1.11 bits per heavy atom. The van der Waals surface area contributed by atoms with E-state index in [2.05, 4.69) is 11.4 Å². The van der Waals surface area contributed by atoms with Gasteiger partial charge in [-0.25, -0.2) is 0 Å². The number of halogens is 1. The zero-order valence-corrected chi connectivity index (χ0v) is 15.2. The van der Waals surface area contributed by atoms with Gasteiger partial charge < -0.3 is 4.74 Å². The van der Waals surface area contributed by atoms with Crippen LogP contribution in [0.1, 0.15) is 24.0 Å². The molecule has 0 aliphatic carbocycles. The molecule has 3 aromatic carbocycles. The molecule has 0 fully saturated rings. The van der Waals surface area contributed by atoms with Crippen LogP contribution in [-0.4, -0.2) is 5.91 Å². The van der Waals surface area contributed by atoms with Gasteiger partial charge in [0.25, 0.3) is 0 Å². The second-order valence-electron chi connectivity index (χ2n) is 6.33. The lowest BCUT2D eigenvalue weighted by Gasteiger charge is -2.29. The van der Waals surface area contributed by atoms with E-state index in [0.29, 0.717) is 16.3 Å². The minimum absolute atomic E-state index is 0.175. The highest BCUT2D eigenvalue weighted by Crippen LogP contribution is 2.45. The molecule has 0 aromatic heterocycles. The van der Waals surface area contributed by atoms with Gasteiger partial charge in [0.1, 0.15) is 17.4 Å². The van der Waals surface area contributed by atoms with E-state index >= 15 is 0 Å². The van der Waals surface area contributed by atoms with Gasteiger partial charge in [-0.3, -0.25) is 10.1 Å². The molecule has 0 saturated carbocycles. The first kappa shape index (κ1) is 17.1. The number of hydrogen-bond acceptors (Lipinski definition) is 3. The number of amides is 1. The summed E-state index contributed by atoms with van der Waals surface area (Å²) >= 11 is 6.04. The van der Waals surface area contributed by atoms with Gasteiger partial charge in [0.05, 0.1) is 5.92 Å². The van der Waals surface area contributed by atoms with E-state index in [4.69, 9.17) is 16.3 Å². The van der Waals surface area contributed by atoms with Crippen LogP contribution >= 0.6 is 11.6 Å². The average Bonchev–Trinajstić information content (AvgIpc) is 2.67. The van der Waals surface area contributed by atoms with Gasteiger partial charge in [0, 0.05) is 22.9 Å². The van der Waals surface area contributed by atoms with E-state index in [-0.39, 0.29) is 17.7 Å². The zero-order chi connectivity index (χ0) is 19.0. The van der Waals surface area contributed by atoms with Crippen LogP contribution in [0.25, 0.3) is 10.8 Å². The van der Waals surface area contributed by atoms with Crippen molar-refractivity contribution in [1.82, 2.24) is 5.32 Å². The molecular formula is C22H15ClN2O2. The second kappa shape index (κ2) is 6.79. The molecule has 1 heterocycles. The van der Waals surface area contributed by atoms with Gasteiger partial charge in [-0.2, -0.15) is 5.26 Å². The molecule has 1 atom stereocenters. The fourth-order valence-electron chi connectivity index (χ4n) is 3.41. The molecule has 0 bridgehead atoms. The normalized spacial score (nSPS) is 15.7. The molecule has 4 nitrogen and oxygen atoms in total. The number of ether oxygens (including phenoxy) is 1. The van der Waals surface area contributed by atoms with Crippen LogP contribution in [0.15, 0.2) is 72.1 Å². The van der Waals surface area contributed by atoms with Crippen LogP contribution in [0.4, 0.5) is 0 Å². The van der Waals surface area contributed by atoms with Gasteiger partial charge in [0.2, 0.25) is 11.8 Å². The summed E-state index contributed by atoms with van der Waals surface area (Å²) in [5.74, 6) is 0.170. The molecule has 1 aliphatic rings. The molecule has 4 rings (SSSR count). The summed E-state index contributed by atoms with van der Waals surface area (Å²) in [7, 11) is 0. The number of carbonyl (C=O) groups is 1. The number of carbonyl (C=O) groups excluding carboxylic acids is 1. The maximum Gasteiger partial charge on any atom is 0.223 e. The molecule has 0 spiro atoms. The molecule has 0 saturated heterocycles. The van der Waals surface area contributed by atoms with E-state index in [9.17, 15) is 10.1 Å². The molecule has 5 heteroatoms. The van der Waals surface area contributed by atoms with Crippen LogP contribution in [0.3, 0.4) is 0 Å². The SMILES string of the molecule is CC(=O)NC1=C(C#N)[C@H](c2ccc(Cl)cc2)c2ccc3ccccc3c2O1. The van der Waals surface area contributed by atoms with E-state index in [1.807, 2.05) is 48.5 Å². The van der Waals surface area contributed by atoms with E-state index in [1.54, 1.807) is 12.1 Å². The Bertz CT molecular complexity index is 1130. The Hall–Kier alpha value is -3.29. The molecule has 3 aromatic rings. The lowest BCUT2D eigenvalue weighted by molar-refractivity contribution is -0.118. The number of allylic oxidation sites excluding steroid dienone is 1.